The Morgan fingerprint density at radius 2 is 2.14 bits per heavy atom. The van der Waals surface area contributed by atoms with Gasteiger partial charge in [0.15, 0.2) is 0 Å². The highest BCUT2D eigenvalue weighted by Gasteiger charge is 2.27. The molecule has 1 aliphatic heterocycles. The molecule has 1 heterocycles. The molecule has 3 nitrogen and oxygen atoms in total. The number of nitrogens with zero attached hydrogens (tertiary/aromatic N) is 1. The minimum Gasteiger partial charge on any atom is -0.376 e. The van der Waals surface area contributed by atoms with Gasteiger partial charge in [0.25, 0.3) is 0 Å². The lowest BCUT2D eigenvalue weighted by molar-refractivity contribution is 0.0293. The smallest absolute Gasteiger partial charge is 0.0907 e. The first-order valence-corrected chi connectivity index (χ1v) is 5.56. The van der Waals surface area contributed by atoms with E-state index in [1.165, 1.54) is 25.9 Å². The van der Waals surface area contributed by atoms with Crippen LogP contribution in [0.2, 0.25) is 0 Å². The fourth-order valence-corrected chi connectivity index (χ4v) is 2.43. The molecule has 0 aromatic heterocycles. The Hall–Kier alpha value is -0.380. The summed E-state index contributed by atoms with van der Waals surface area (Å²) in [6.45, 7) is 4.57. The predicted molar refractivity (Wildman–Crippen MR) is 57.4 cm³/mol. The van der Waals surface area contributed by atoms with Gasteiger partial charge in [-0.15, -0.1) is 0 Å². The van der Waals surface area contributed by atoms with Crippen molar-refractivity contribution in [2.24, 2.45) is 0 Å². The number of rotatable bonds is 2. The monoisotopic (exact) mass is 196 g/mol. The van der Waals surface area contributed by atoms with Crippen LogP contribution in [-0.2, 0) is 4.74 Å². The number of hydrogen-bond donors (Lipinski definition) is 1. The van der Waals surface area contributed by atoms with Gasteiger partial charge in [-0.25, -0.2) is 0 Å². The summed E-state index contributed by atoms with van der Waals surface area (Å²) >= 11 is 0. The van der Waals surface area contributed by atoms with Gasteiger partial charge in [0, 0.05) is 39.3 Å². The molecule has 2 atom stereocenters. The molecule has 2 aliphatic rings. The predicted octanol–water partition coefficient (Wildman–Crippen LogP) is 0.625. The molecule has 0 radical (unpaired) electrons. The van der Waals surface area contributed by atoms with Crippen LogP contribution in [0, 0.1) is 0 Å². The number of nitrogens with one attached hydrogen (secondary N) is 1. The van der Waals surface area contributed by atoms with Crippen LogP contribution in [-0.4, -0.2) is 50.3 Å². The van der Waals surface area contributed by atoms with Crippen molar-refractivity contribution in [3.05, 3.63) is 12.2 Å². The topological polar surface area (TPSA) is 24.5 Å². The molecular formula is C11H20N2O. The van der Waals surface area contributed by atoms with Crippen molar-refractivity contribution < 1.29 is 4.74 Å². The average molecular weight is 196 g/mol. The molecule has 2 rings (SSSR count). The standard InChI is InChI=1S/C11H20N2O/c1-14-11-5-3-2-4-10(11)13-8-6-12-7-9-13/h3,5,10-12H,2,4,6-9H2,1H3. The van der Waals surface area contributed by atoms with Crippen LogP contribution in [0.25, 0.3) is 0 Å². The molecule has 0 amide bonds. The molecule has 0 bridgehead atoms. The Bertz CT molecular complexity index is 199. The molecule has 0 aromatic rings. The van der Waals surface area contributed by atoms with Gasteiger partial charge in [-0.2, -0.15) is 0 Å². The first kappa shape index (κ1) is 10.1. The van der Waals surface area contributed by atoms with Crippen molar-refractivity contribution in [2.45, 2.75) is 25.0 Å². The zero-order valence-corrected chi connectivity index (χ0v) is 8.91. The normalized spacial score (nSPS) is 34.6. The largest absolute Gasteiger partial charge is 0.376 e. The van der Waals surface area contributed by atoms with Gasteiger partial charge in [-0.3, -0.25) is 4.90 Å². The average Bonchev–Trinajstić information content (AvgIpc) is 2.30. The molecule has 80 valence electrons. The maximum absolute atomic E-state index is 5.51. The molecule has 2 unspecified atom stereocenters. The molecule has 0 spiro atoms. The summed E-state index contributed by atoms with van der Waals surface area (Å²) in [5.74, 6) is 0. The van der Waals surface area contributed by atoms with Crippen molar-refractivity contribution in [1.29, 1.82) is 0 Å². The SMILES string of the molecule is COC1C=CCCC1N1CCNCC1. The zero-order chi connectivity index (χ0) is 9.80. The Morgan fingerprint density at radius 1 is 1.36 bits per heavy atom. The van der Waals surface area contributed by atoms with Crippen molar-refractivity contribution >= 4 is 0 Å². The quantitative estimate of drug-likeness (QED) is 0.655. The molecule has 1 fully saturated rings. The highest BCUT2D eigenvalue weighted by atomic mass is 16.5. The van der Waals surface area contributed by atoms with E-state index >= 15 is 0 Å². The van der Waals surface area contributed by atoms with Gasteiger partial charge in [0.05, 0.1) is 6.10 Å². The summed E-state index contributed by atoms with van der Waals surface area (Å²) in [5.41, 5.74) is 0. The van der Waals surface area contributed by atoms with Crippen molar-refractivity contribution in [3.8, 4) is 0 Å². The van der Waals surface area contributed by atoms with E-state index in [0.717, 1.165) is 13.1 Å². The summed E-state index contributed by atoms with van der Waals surface area (Å²) in [4.78, 5) is 2.56. The maximum atomic E-state index is 5.51. The van der Waals surface area contributed by atoms with Gasteiger partial charge in [-0.05, 0) is 12.8 Å². The minimum absolute atomic E-state index is 0.307. The Morgan fingerprint density at radius 3 is 2.86 bits per heavy atom. The van der Waals surface area contributed by atoms with Gasteiger partial charge in [0.2, 0.25) is 0 Å². The Kier molecular flexibility index (Phi) is 3.56. The van der Waals surface area contributed by atoms with Crippen LogP contribution >= 0.6 is 0 Å². The van der Waals surface area contributed by atoms with Crippen LogP contribution in [0.15, 0.2) is 12.2 Å². The zero-order valence-electron chi connectivity index (χ0n) is 8.91. The van der Waals surface area contributed by atoms with E-state index in [1.807, 2.05) is 7.11 Å². The Balaban J connectivity index is 1.96. The highest BCUT2D eigenvalue weighted by molar-refractivity contribution is 5.02. The highest BCUT2D eigenvalue weighted by Crippen LogP contribution is 2.20. The molecule has 14 heavy (non-hydrogen) atoms. The summed E-state index contributed by atoms with van der Waals surface area (Å²) in [6, 6.07) is 0.604. The second-order valence-electron chi connectivity index (χ2n) is 4.06. The minimum atomic E-state index is 0.307. The lowest BCUT2D eigenvalue weighted by atomic mass is 9.97. The van der Waals surface area contributed by atoms with Crippen LogP contribution in [0.4, 0.5) is 0 Å². The maximum Gasteiger partial charge on any atom is 0.0907 e. The number of ether oxygens (including phenoxy) is 1. The molecule has 1 N–H and O–H groups in total. The van der Waals surface area contributed by atoms with Crippen molar-refractivity contribution in [1.82, 2.24) is 10.2 Å². The van der Waals surface area contributed by atoms with Gasteiger partial charge < -0.3 is 10.1 Å². The van der Waals surface area contributed by atoms with E-state index in [1.54, 1.807) is 0 Å². The third kappa shape index (κ3) is 2.16. The molecule has 1 saturated heterocycles. The molecule has 0 aromatic carbocycles. The third-order valence-electron chi connectivity index (χ3n) is 3.23. The van der Waals surface area contributed by atoms with Crippen molar-refractivity contribution in [3.63, 3.8) is 0 Å². The van der Waals surface area contributed by atoms with Gasteiger partial charge in [-0.1, -0.05) is 12.2 Å². The van der Waals surface area contributed by atoms with E-state index in [9.17, 15) is 0 Å². The van der Waals surface area contributed by atoms with Gasteiger partial charge in [0.1, 0.15) is 0 Å². The third-order valence-corrected chi connectivity index (χ3v) is 3.23. The summed E-state index contributed by atoms with van der Waals surface area (Å²) in [7, 11) is 1.82. The van der Waals surface area contributed by atoms with Crippen LogP contribution in [0.3, 0.4) is 0 Å². The van der Waals surface area contributed by atoms with Crippen LogP contribution in [0.5, 0.6) is 0 Å². The van der Waals surface area contributed by atoms with Crippen molar-refractivity contribution in [2.75, 3.05) is 33.3 Å². The molecule has 1 aliphatic carbocycles. The summed E-state index contributed by atoms with van der Waals surface area (Å²) < 4.78 is 5.51. The number of methoxy groups -OCH3 is 1. The molecule has 3 heteroatoms. The second kappa shape index (κ2) is 4.91. The van der Waals surface area contributed by atoms with E-state index < -0.39 is 0 Å². The van der Waals surface area contributed by atoms with E-state index in [2.05, 4.69) is 22.4 Å². The number of hydrogen-bond acceptors (Lipinski definition) is 3. The molecule has 0 saturated carbocycles. The van der Waals surface area contributed by atoms with Gasteiger partial charge >= 0.3 is 0 Å². The van der Waals surface area contributed by atoms with E-state index in [4.69, 9.17) is 4.74 Å². The van der Waals surface area contributed by atoms with E-state index in [0.29, 0.717) is 12.1 Å². The van der Waals surface area contributed by atoms with Crippen LogP contribution < -0.4 is 5.32 Å². The summed E-state index contributed by atoms with van der Waals surface area (Å²) in [6.07, 6.45) is 7.22. The van der Waals surface area contributed by atoms with Crippen LogP contribution in [0.1, 0.15) is 12.8 Å². The van der Waals surface area contributed by atoms with E-state index in [-0.39, 0.29) is 0 Å². The number of piperazine rings is 1. The fraction of sp³-hybridized carbons (Fsp3) is 0.818. The summed E-state index contributed by atoms with van der Waals surface area (Å²) in [5, 5.41) is 3.39. The molecular weight excluding hydrogens is 176 g/mol. The Labute approximate surface area is 86.1 Å². The first-order valence-electron chi connectivity index (χ1n) is 5.56. The first-order chi connectivity index (χ1) is 6.92. The lowest BCUT2D eigenvalue weighted by Crippen LogP contribution is -2.52. The lowest BCUT2D eigenvalue weighted by Gasteiger charge is -2.39. The second-order valence-corrected chi connectivity index (χ2v) is 4.06. The number of allylic oxidation sites excluding steroid dienone is 1. The fourth-order valence-electron chi connectivity index (χ4n) is 2.43.